The molecule has 0 unspecified atom stereocenters. The Morgan fingerprint density at radius 3 is 2.47 bits per heavy atom. The van der Waals surface area contributed by atoms with Gasteiger partial charge in [0.15, 0.2) is 5.78 Å². The van der Waals surface area contributed by atoms with Crippen LogP contribution in [0, 0.1) is 0 Å². The van der Waals surface area contributed by atoms with Gasteiger partial charge in [-0.25, -0.2) is 9.97 Å². The third-order valence-corrected chi connectivity index (χ3v) is 6.31. The number of benzene rings is 3. The summed E-state index contributed by atoms with van der Waals surface area (Å²) in [6.45, 7) is 3.70. The predicted octanol–water partition coefficient (Wildman–Crippen LogP) is 3.60. The van der Waals surface area contributed by atoms with E-state index in [-0.39, 0.29) is 5.78 Å². The largest absolute Gasteiger partial charge is 0.378 e. The first-order chi connectivity index (χ1) is 17.6. The Morgan fingerprint density at radius 2 is 1.69 bits per heavy atom. The van der Waals surface area contributed by atoms with Crippen molar-refractivity contribution in [1.82, 2.24) is 9.97 Å². The van der Waals surface area contributed by atoms with E-state index in [1.165, 1.54) is 6.33 Å². The number of fused-ring (bicyclic) bond motifs is 1. The highest BCUT2D eigenvalue weighted by atomic mass is 16.5. The molecule has 3 aromatic carbocycles. The quantitative estimate of drug-likeness (QED) is 0.370. The number of hydrogen-bond donors (Lipinski definition) is 2. The lowest BCUT2D eigenvalue weighted by Crippen LogP contribution is -2.36. The zero-order valence-electron chi connectivity index (χ0n) is 19.8. The molecule has 1 aliphatic heterocycles. The van der Waals surface area contributed by atoms with E-state index >= 15 is 0 Å². The van der Waals surface area contributed by atoms with Gasteiger partial charge in [-0.1, -0.05) is 30.3 Å². The molecule has 1 fully saturated rings. The number of ketones is 1. The fourth-order valence-corrected chi connectivity index (χ4v) is 4.43. The van der Waals surface area contributed by atoms with Gasteiger partial charge in [-0.3, -0.25) is 9.59 Å². The second kappa shape index (κ2) is 10.5. The van der Waals surface area contributed by atoms with E-state index in [4.69, 9.17) is 10.5 Å². The number of para-hydroxylation sites is 1. The van der Waals surface area contributed by atoms with E-state index < -0.39 is 5.91 Å². The fourth-order valence-electron chi connectivity index (χ4n) is 4.43. The molecule has 5 rings (SSSR count). The lowest BCUT2D eigenvalue weighted by atomic mass is 10.0. The Hall–Kier alpha value is -4.30. The summed E-state index contributed by atoms with van der Waals surface area (Å²) in [6.07, 6.45) is 1.74. The summed E-state index contributed by atoms with van der Waals surface area (Å²) in [7, 11) is 0. The van der Waals surface area contributed by atoms with Crippen molar-refractivity contribution in [2.24, 2.45) is 5.73 Å². The Labute approximate surface area is 209 Å². The molecule has 8 heteroatoms. The number of carbonyl (C=O) groups is 2. The number of hydrogen-bond acceptors (Lipinski definition) is 7. The molecule has 1 aromatic heterocycles. The minimum atomic E-state index is -0.529. The zero-order chi connectivity index (χ0) is 24.9. The van der Waals surface area contributed by atoms with Gasteiger partial charge in [0, 0.05) is 42.7 Å². The van der Waals surface area contributed by atoms with Crippen LogP contribution in [-0.2, 0) is 17.7 Å². The molecular formula is C28H27N5O3. The number of aromatic nitrogens is 2. The van der Waals surface area contributed by atoms with Crippen LogP contribution in [-0.4, -0.2) is 48.0 Å². The van der Waals surface area contributed by atoms with Gasteiger partial charge in [0.05, 0.1) is 24.3 Å². The summed E-state index contributed by atoms with van der Waals surface area (Å²) >= 11 is 0. The van der Waals surface area contributed by atoms with Crippen molar-refractivity contribution in [3.63, 3.8) is 0 Å². The summed E-state index contributed by atoms with van der Waals surface area (Å²) in [6, 6.07) is 21.0. The Bertz CT molecular complexity index is 1400. The maximum atomic E-state index is 12.9. The number of amides is 1. The topological polar surface area (TPSA) is 110 Å². The first kappa shape index (κ1) is 23.4. The molecule has 2 heterocycles. The van der Waals surface area contributed by atoms with E-state index in [0.29, 0.717) is 35.4 Å². The normalized spacial score (nSPS) is 13.5. The van der Waals surface area contributed by atoms with Crippen molar-refractivity contribution in [3.05, 3.63) is 95.3 Å². The average Bonchev–Trinajstić information content (AvgIpc) is 2.92. The molecule has 0 radical (unpaired) electrons. The smallest absolute Gasteiger partial charge is 0.250 e. The molecule has 1 saturated heterocycles. The van der Waals surface area contributed by atoms with Crippen molar-refractivity contribution in [2.45, 2.75) is 13.0 Å². The number of nitrogens with zero attached hydrogens (tertiary/aromatic N) is 3. The molecule has 0 aliphatic carbocycles. The molecule has 0 atom stereocenters. The second-order valence-corrected chi connectivity index (χ2v) is 8.71. The van der Waals surface area contributed by atoms with E-state index in [1.807, 2.05) is 54.6 Å². The van der Waals surface area contributed by atoms with Crippen LogP contribution in [0.5, 0.6) is 0 Å². The number of Topliss-reactive ketones (excluding diaryl/α,β-unsaturated/α-hetero) is 1. The molecule has 4 aromatic rings. The molecule has 0 bridgehead atoms. The van der Waals surface area contributed by atoms with Crippen LogP contribution >= 0.6 is 0 Å². The molecule has 3 N–H and O–H groups in total. The maximum absolute atomic E-state index is 12.9. The zero-order valence-corrected chi connectivity index (χ0v) is 19.8. The number of primary amides is 1. The summed E-state index contributed by atoms with van der Waals surface area (Å²) in [5.41, 5.74) is 10.1. The number of nitrogens with two attached hydrogens (primary N) is 1. The van der Waals surface area contributed by atoms with Crippen molar-refractivity contribution in [1.29, 1.82) is 0 Å². The van der Waals surface area contributed by atoms with Crippen molar-refractivity contribution < 1.29 is 14.3 Å². The number of ether oxygens (including phenoxy) is 1. The van der Waals surface area contributed by atoms with Crippen LogP contribution in [0.3, 0.4) is 0 Å². The van der Waals surface area contributed by atoms with E-state index in [0.717, 1.165) is 48.5 Å². The van der Waals surface area contributed by atoms with Crippen LogP contribution in [0.4, 0.5) is 11.5 Å². The lowest BCUT2D eigenvalue weighted by Gasteiger charge is -2.28. The Kier molecular flexibility index (Phi) is 6.86. The van der Waals surface area contributed by atoms with Gasteiger partial charge in [-0.05, 0) is 47.5 Å². The second-order valence-electron chi connectivity index (χ2n) is 8.71. The highest BCUT2D eigenvalue weighted by molar-refractivity contribution is 6.06. The Balaban J connectivity index is 1.25. The van der Waals surface area contributed by atoms with Gasteiger partial charge in [0.1, 0.15) is 12.1 Å². The van der Waals surface area contributed by atoms with Gasteiger partial charge in [-0.15, -0.1) is 0 Å². The molecule has 0 spiro atoms. The molecule has 1 amide bonds. The molecule has 0 saturated carbocycles. The minimum Gasteiger partial charge on any atom is -0.378 e. The van der Waals surface area contributed by atoms with E-state index in [9.17, 15) is 9.59 Å². The van der Waals surface area contributed by atoms with E-state index in [1.54, 1.807) is 12.1 Å². The Morgan fingerprint density at radius 1 is 0.944 bits per heavy atom. The summed E-state index contributed by atoms with van der Waals surface area (Å²) in [5, 5.41) is 4.04. The molecular weight excluding hydrogens is 454 g/mol. The monoisotopic (exact) mass is 481 g/mol. The maximum Gasteiger partial charge on any atom is 0.250 e. The number of anilines is 2. The van der Waals surface area contributed by atoms with Gasteiger partial charge in [0.25, 0.3) is 5.91 Å². The van der Waals surface area contributed by atoms with Crippen LogP contribution in [0.2, 0.25) is 0 Å². The van der Waals surface area contributed by atoms with Crippen LogP contribution in [0.15, 0.2) is 73.1 Å². The van der Waals surface area contributed by atoms with Crippen LogP contribution in [0.1, 0.15) is 31.8 Å². The minimum absolute atomic E-state index is 0.0782. The highest BCUT2D eigenvalue weighted by Gasteiger charge is 2.14. The number of morpholine rings is 1. The fraction of sp³-hybridized carbons (Fsp3) is 0.214. The first-order valence-corrected chi connectivity index (χ1v) is 11.9. The molecule has 182 valence electrons. The predicted molar refractivity (Wildman–Crippen MR) is 139 cm³/mol. The SMILES string of the molecule is NC(=O)c1cccc2c(NCc3cccc(CC(=O)c4ccc(N5CCOCC5)cc4)c3)ncnc12. The third-order valence-electron chi connectivity index (χ3n) is 6.31. The van der Waals surface area contributed by atoms with Gasteiger partial charge in [-0.2, -0.15) is 0 Å². The first-order valence-electron chi connectivity index (χ1n) is 11.9. The summed E-state index contributed by atoms with van der Waals surface area (Å²) < 4.78 is 5.41. The summed E-state index contributed by atoms with van der Waals surface area (Å²) in [4.78, 5) is 35.5. The highest BCUT2D eigenvalue weighted by Crippen LogP contribution is 2.23. The number of carbonyl (C=O) groups excluding carboxylic acids is 2. The molecule has 1 aliphatic rings. The number of rotatable bonds is 8. The average molecular weight is 482 g/mol. The van der Waals surface area contributed by atoms with Crippen molar-refractivity contribution in [2.75, 3.05) is 36.5 Å². The summed E-state index contributed by atoms with van der Waals surface area (Å²) in [5.74, 6) is 0.165. The number of nitrogens with one attached hydrogen (secondary N) is 1. The molecule has 8 nitrogen and oxygen atoms in total. The van der Waals surface area contributed by atoms with Crippen LogP contribution in [0.25, 0.3) is 10.9 Å². The standard InChI is InChI=1S/C28H27N5O3/c29-27(35)23-5-2-6-24-26(23)31-18-32-28(24)30-17-20-4-1-3-19(15-20)16-25(34)21-7-9-22(10-8-21)33-11-13-36-14-12-33/h1-10,15,18H,11-14,16-17H2,(H2,29,35)(H,30,31,32). The van der Waals surface area contributed by atoms with E-state index in [2.05, 4.69) is 20.2 Å². The van der Waals surface area contributed by atoms with Gasteiger partial charge in [0.2, 0.25) is 0 Å². The lowest BCUT2D eigenvalue weighted by molar-refractivity contribution is 0.0988. The third kappa shape index (κ3) is 5.18. The van der Waals surface area contributed by atoms with Gasteiger partial charge < -0.3 is 20.7 Å². The van der Waals surface area contributed by atoms with Crippen LogP contribution < -0.4 is 16.0 Å². The van der Waals surface area contributed by atoms with Crippen molar-refractivity contribution >= 4 is 34.1 Å². The van der Waals surface area contributed by atoms with Crippen molar-refractivity contribution in [3.8, 4) is 0 Å². The molecule has 36 heavy (non-hydrogen) atoms. The van der Waals surface area contributed by atoms with Gasteiger partial charge >= 0.3 is 0 Å².